The number of phenolic OH excluding ortho intramolecular Hbond substituents is 1. The Labute approximate surface area is 223 Å². The van der Waals surface area contributed by atoms with Crippen LogP contribution in [0.15, 0.2) is 60.9 Å². The molecule has 0 atom stereocenters. The number of nitrogens with zero attached hydrogens (tertiary/aromatic N) is 5. The molecule has 0 aliphatic carbocycles. The van der Waals surface area contributed by atoms with Crippen LogP contribution in [0.4, 0.5) is 10.2 Å². The van der Waals surface area contributed by atoms with Crippen molar-refractivity contribution in [2.45, 2.75) is 25.8 Å². The van der Waals surface area contributed by atoms with E-state index in [0.29, 0.717) is 64.5 Å². The maximum Gasteiger partial charge on any atom is 0.299 e. The molecule has 4 heterocycles. The highest BCUT2D eigenvalue weighted by Gasteiger charge is 2.36. The summed E-state index contributed by atoms with van der Waals surface area (Å²) in [5.41, 5.74) is 3.86. The molecule has 10 heteroatoms. The van der Waals surface area contributed by atoms with Crippen LogP contribution in [-0.2, 0) is 12.0 Å². The number of aromatic nitrogens is 5. The fourth-order valence-electron chi connectivity index (χ4n) is 4.62. The van der Waals surface area contributed by atoms with E-state index < -0.39 is 5.82 Å². The Morgan fingerprint density at radius 3 is 2.76 bits per heavy atom. The molecule has 0 bridgehead atoms. The van der Waals surface area contributed by atoms with Gasteiger partial charge in [-0.3, -0.25) is 9.55 Å². The maximum atomic E-state index is 13.9. The van der Waals surface area contributed by atoms with Crippen LogP contribution < -0.4 is 10.1 Å². The van der Waals surface area contributed by atoms with Crippen LogP contribution in [0.1, 0.15) is 19.4 Å². The summed E-state index contributed by atoms with van der Waals surface area (Å²) in [6.07, 6.45) is 3.32. The van der Waals surface area contributed by atoms with Crippen LogP contribution in [0.5, 0.6) is 11.8 Å². The highest BCUT2D eigenvalue weighted by atomic mass is 35.5. The van der Waals surface area contributed by atoms with Crippen LogP contribution in [0, 0.1) is 5.82 Å². The molecule has 1 aliphatic heterocycles. The van der Waals surface area contributed by atoms with Gasteiger partial charge in [-0.15, -0.1) is 0 Å². The summed E-state index contributed by atoms with van der Waals surface area (Å²) < 4.78 is 21.7. The molecule has 3 aromatic heterocycles. The molecule has 6 rings (SSSR count). The lowest BCUT2D eigenvalue weighted by Gasteiger charge is -2.18. The molecular formula is C28H24ClFN6O2. The predicted octanol–water partition coefficient (Wildman–Crippen LogP) is 5.84. The summed E-state index contributed by atoms with van der Waals surface area (Å²) in [4.78, 5) is 18.0. The minimum Gasteiger partial charge on any atom is -0.507 e. The average molecular weight is 531 g/mol. The van der Waals surface area contributed by atoms with E-state index in [1.807, 2.05) is 48.7 Å². The molecule has 2 aromatic carbocycles. The van der Waals surface area contributed by atoms with E-state index in [0.717, 1.165) is 17.3 Å². The van der Waals surface area contributed by atoms with Crippen molar-refractivity contribution in [3.63, 3.8) is 0 Å². The van der Waals surface area contributed by atoms with Crippen LogP contribution in [0.3, 0.4) is 0 Å². The minimum atomic E-state index is -0.467. The van der Waals surface area contributed by atoms with E-state index in [1.165, 1.54) is 12.3 Å². The Hall–Kier alpha value is -4.24. The summed E-state index contributed by atoms with van der Waals surface area (Å²) in [5, 5.41) is 14.4. The third-order valence-electron chi connectivity index (χ3n) is 6.50. The Balaban J connectivity index is 1.33. The number of phenols is 1. The van der Waals surface area contributed by atoms with Crippen molar-refractivity contribution in [2.75, 3.05) is 18.5 Å². The van der Waals surface area contributed by atoms with Crippen molar-refractivity contribution >= 4 is 28.6 Å². The van der Waals surface area contributed by atoms with E-state index in [2.05, 4.69) is 20.3 Å². The number of fused-ring (bicyclic) bond motifs is 3. The number of halogens is 2. The molecule has 0 unspecified atom stereocenters. The quantitative estimate of drug-likeness (QED) is 0.285. The number of imidazole rings is 1. The van der Waals surface area contributed by atoms with Gasteiger partial charge in [0.2, 0.25) is 0 Å². The van der Waals surface area contributed by atoms with Gasteiger partial charge in [0.1, 0.15) is 18.2 Å². The third kappa shape index (κ3) is 4.39. The summed E-state index contributed by atoms with van der Waals surface area (Å²) in [7, 11) is 0. The Kier molecular flexibility index (Phi) is 5.87. The van der Waals surface area contributed by atoms with Crippen molar-refractivity contribution in [1.29, 1.82) is 0 Å². The summed E-state index contributed by atoms with van der Waals surface area (Å²) in [5.74, 6) is 0.574. The van der Waals surface area contributed by atoms with Gasteiger partial charge in [-0.25, -0.2) is 14.4 Å². The maximum absolute atomic E-state index is 13.9. The lowest BCUT2D eigenvalue weighted by molar-refractivity contribution is 0.268. The Morgan fingerprint density at radius 1 is 1.08 bits per heavy atom. The lowest BCUT2D eigenvalue weighted by atomic mass is 10.0. The molecule has 0 amide bonds. The van der Waals surface area contributed by atoms with Gasteiger partial charge in [0.15, 0.2) is 22.8 Å². The van der Waals surface area contributed by atoms with Crippen molar-refractivity contribution in [3.8, 4) is 34.3 Å². The third-order valence-corrected chi connectivity index (χ3v) is 6.74. The van der Waals surface area contributed by atoms with Gasteiger partial charge in [-0.05, 0) is 61.7 Å². The number of pyridine rings is 1. The van der Waals surface area contributed by atoms with Crippen molar-refractivity contribution in [2.24, 2.45) is 0 Å². The zero-order chi connectivity index (χ0) is 26.4. The number of benzene rings is 2. The topological polar surface area (TPSA) is 98.0 Å². The first-order valence-corrected chi connectivity index (χ1v) is 12.5. The first-order chi connectivity index (χ1) is 18.3. The van der Waals surface area contributed by atoms with Crippen molar-refractivity contribution in [1.82, 2.24) is 24.5 Å². The molecule has 0 fully saturated rings. The second kappa shape index (κ2) is 9.25. The zero-order valence-electron chi connectivity index (χ0n) is 20.7. The van der Waals surface area contributed by atoms with Crippen LogP contribution in [-0.4, -0.2) is 42.8 Å². The number of hydrogen-bond donors (Lipinski definition) is 2. The van der Waals surface area contributed by atoms with Gasteiger partial charge in [-0.2, -0.15) is 4.98 Å². The molecule has 192 valence electrons. The molecule has 0 spiro atoms. The van der Waals surface area contributed by atoms with Gasteiger partial charge in [0.05, 0.1) is 11.7 Å². The summed E-state index contributed by atoms with van der Waals surface area (Å²) in [6, 6.07) is 14.7. The Morgan fingerprint density at radius 2 is 1.95 bits per heavy atom. The number of anilines is 1. The van der Waals surface area contributed by atoms with Gasteiger partial charge >= 0.3 is 0 Å². The minimum absolute atomic E-state index is 0.185. The summed E-state index contributed by atoms with van der Waals surface area (Å²) in [6.45, 7) is 5.10. The second-order valence-electron chi connectivity index (χ2n) is 9.83. The molecule has 0 radical (unpaired) electrons. The normalized spacial score (nSPS) is 13.9. The SMILES string of the molecule is CC1(C)COc2nc3c(NCCc4ccc(O)c(-c5cccc(Cl)c5)c4)nc(-c4cncc(F)c4)nc3n21. The van der Waals surface area contributed by atoms with Gasteiger partial charge in [0, 0.05) is 28.9 Å². The first-order valence-electron chi connectivity index (χ1n) is 12.1. The average Bonchev–Trinajstić information content (AvgIpc) is 3.42. The molecule has 0 saturated carbocycles. The van der Waals surface area contributed by atoms with E-state index in [4.69, 9.17) is 21.3 Å². The highest BCUT2D eigenvalue weighted by Crippen LogP contribution is 2.37. The van der Waals surface area contributed by atoms with Crippen LogP contribution in [0.2, 0.25) is 5.02 Å². The predicted molar refractivity (Wildman–Crippen MR) is 144 cm³/mol. The number of aromatic hydroxyl groups is 1. The molecule has 2 N–H and O–H groups in total. The number of nitrogens with one attached hydrogen (secondary N) is 1. The fraction of sp³-hybridized carbons (Fsp3) is 0.214. The second-order valence-corrected chi connectivity index (χ2v) is 10.3. The van der Waals surface area contributed by atoms with Crippen molar-refractivity contribution < 1.29 is 14.2 Å². The van der Waals surface area contributed by atoms with Gasteiger partial charge in [-0.1, -0.05) is 29.8 Å². The van der Waals surface area contributed by atoms with Gasteiger partial charge in [0.25, 0.3) is 6.01 Å². The smallest absolute Gasteiger partial charge is 0.299 e. The molecule has 38 heavy (non-hydrogen) atoms. The van der Waals surface area contributed by atoms with E-state index in [9.17, 15) is 9.50 Å². The van der Waals surface area contributed by atoms with E-state index in [-0.39, 0.29) is 11.3 Å². The molecule has 5 aromatic rings. The largest absolute Gasteiger partial charge is 0.507 e. The summed E-state index contributed by atoms with van der Waals surface area (Å²) >= 11 is 6.15. The fourth-order valence-corrected chi connectivity index (χ4v) is 4.81. The number of ether oxygens (including phenoxy) is 1. The molecule has 1 aliphatic rings. The Bertz CT molecular complexity index is 1690. The number of rotatable bonds is 6. The van der Waals surface area contributed by atoms with E-state index in [1.54, 1.807) is 12.1 Å². The van der Waals surface area contributed by atoms with E-state index >= 15 is 0 Å². The van der Waals surface area contributed by atoms with Crippen molar-refractivity contribution in [3.05, 3.63) is 77.3 Å². The zero-order valence-corrected chi connectivity index (χ0v) is 21.5. The first kappa shape index (κ1) is 24.1. The molecular weight excluding hydrogens is 507 g/mol. The standard InChI is InChI=1S/C28H24ClFN6O2/c1-28(2)15-38-27-33-23-25(34-24(35-26(23)36(27)28)18-12-20(30)14-31-13-18)32-9-8-16-6-7-22(37)21(10-16)17-4-3-5-19(29)11-17/h3-7,10-14,37H,8-9,15H2,1-2H3,(H,32,34,35). The highest BCUT2D eigenvalue weighted by molar-refractivity contribution is 6.30. The van der Waals surface area contributed by atoms with Gasteiger partial charge < -0.3 is 15.2 Å². The number of hydrogen-bond acceptors (Lipinski definition) is 7. The van der Waals surface area contributed by atoms with Crippen LogP contribution >= 0.6 is 11.6 Å². The molecule has 8 nitrogen and oxygen atoms in total. The lowest BCUT2D eigenvalue weighted by Crippen LogP contribution is -2.25. The molecule has 0 saturated heterocycles. The monoisotopic (exact) mass is 530 g/mol. The van der Waals surface area contributed by atoms with Crippen LogP contribution in [0.25, 0.3) is 33.7 Å².